The highest BCUT2D eigenvalue weighted by Gasteiger charge is 2.10. The summed E-state index contributed by atoms with van der Waals surface area (Å²) in [6.45, 7) is 6.73. The number of aliphatic hydroxyl groups is 1. The Kier molecular flexibility index (Phi) is 7.19. The lowest BCUT2D eigenvalue weighted by molar-refractivity contribution is 0.0657. The molecule has 0 saturated carbocycles. The largest absolute Gasteiger partial charge is 0.393 e. The highest BCUT2D eigenvalue weighted by atomic mass is 16.5. The topological polar surface area (TPSA) is 61.8 Å². The van der Waals surface area contributed by atoms with Crippen molar-refractivity contribution >= 4 is 11.7 Å². The van der Waals surface area contributed by atoms with Gasteiger partial charge in [0.15, 0.2) is 0 Å². The van der Waals surface area contributed by atoms with Gasteiger partial charge in [-0.05, 0) is 44.9 Å². The normalized spacial score (nSPS) is 12.3. The van der Waals surface area contributed by atoms with Crippen molar-refractivity contribution in [3.8, 4) is 0 Å². The molecule has 0 aliphatic carbocycles. The number of rotatable bonds is 7. The molecule has 118 valence electrons. The molecule has 0 aliphatic rings. The van der Waals surface area contributed by atoms with Crippen LogP contribution in [0.1, 0.15) is 32.8 Å². The maximum absolute atomic E-state index is 12.0. The maximum atomic E-state index is 12.0. The van der Waals surface area contributed by atoms with E-state index in [0.29, 0.717) is 19.6 Å². The van der Waals surface area contributed by atoms with Crippen LogP contribution in [0.3, 0.4) is 0 Å². The van der Waals surface area contributed by atoms with Gasteiger partial charge in [-0.25, -0.2) is 4.79 Å². The molecule has 0 spiro atoms. The zero-order valence-corrected chi connectivity index (χ0v) is 13.3. The molecule has 1 rings (SSSR count). The molecule has 1 aromatic rings. The lowest BCUT2D eigenvalue weighted by Gasteiger charge is -2.19. The van der Waals surface area contributed by atoms with Crippen LogP contribution < -0.4 is 5.32 Å². The Hall–Kier alpha value is -1.59. The van der Waals surface area contributed by atoms with Crippen LogP contribution in [0, 0.1) is 0 Å². The Labute approximate surface area is 126 Å². The minimum Gasteiger partial charge on any atom is -0.393 e. The summed E-state index contributed by atoms with van der Waals surface area (Å²) in [6, 6.07) is 7.43. The van der Waals surface area contributed by atoms with Crippen LogP contribution >= 0.6 is 0 Å². The van der Waals surface area contributed by atoms with E-state index >= 15 is 0 Å². The van der Waals surface area contributed by atoms with Crippen molar-refractivity contribution in [1.82, 2.24) is 4.90 Å². The number of aliphatic hydroxyl groups excluding tert-OH is 1. The Balaban J connectivity index is 2.53. The molecule has 2 N–H and O–H groups in total. The summed E-state index contributed by atoms with van der Waals surface area (Å²) >= 11 is 0. The first kappa shape index (κ1) is 17.5. The van der Waals surface area contributed by atoms with Crippen molar-refractivity contribution in [2.24, 2.45) is 0 Å². The van der Waals surface area contributed by atoms with E-state index in [1.807, 2.05) is 38.1 Å². The van der Waals surface area contributed by atoms with Crippen LogP contribution in [0.2, 0.25) is 0 Å². The third kappa shape index (κ3) is 7.11. The van der Waals surface area contributed by atoms with Gasteiger partial charge in [-0.2, -0.15) is 0 Å². The van der Waals surface area contributed by atoms with Crippen molar-refractivity contribution in [1.29, 1.82) is 0 Å². The first-order valence-electron chi connectivity index (χ1n) is 7.29. The van der Waals surface area contributed by atoms with Crippen molar-refractivity contribution < 1.29 is 14.6 Å². The van der Waals surface area contributed by atoms with E-state index in [0.717, 1.165) is 11.3 Å². The highest BCUT2D eigenvalue weighted by Crippen LogP contribution is 2.13. The number of nitrogens with one attached hydrogen (secondary N) is 1. The number of anilines is 1. The SMILES string of the molecule is CC(O)CCN(C)C(=O)Nc1cccc(COC(C)C)c1. The molecule has 0 saturated heterocycles. The van der Waals surface area contributed by atoms with E-state index in [4.69, 9.17) is 4.74 Å². The third-order valence-corrected chi connectivity index (χ3v) is 2.99. The van der Waals surface area contributed by atoms with Gasteiger partial charge >= 0.3 is 6.03 Å². The van der Waals surface area contributed by atoms with Crippen LogP contribution in [0.25, 0.3) is 0 Å². The molecule has 0 aliphatic heterocycles. The average molecular weight is 294 g/mol. The van der Waals surface area contributed by atoms with E-state index in [2.05, 4.69) is 5.32 Å². The van der Waals surface area contributed by atoms with Crippen LogP contribution in [-0.4, -0.2) is 41.8 Å². The van der Waals surface area contributed by atoms with E-state index in [1.165, 1.54) is 0 Å². The smallest absolute Gasteiger partial charge is 0.321 e. The number of hydrogen-bond acceptors (Lipinski definition) is 3. The minimum atomic E-state index is -0.406. The molecule has 1 unspecified atom stereocenters. The summed E-state index contributed by atoms with van der Waals surface area (Å²) < 4.78 is 5.55. The van der Waals surface area contributed by atoms with Gasteiger partial charge in [0, 0.05) is 19.3 Å². The Bertz CT molecular complexity index is 447. The number of carbonyl (C=O) groups is 1. The standard InChI is InChI=1S/C16H26N2O3/c1-12(2)21-11-14-6-5-7-15(10-14)17-16(20)18(4)9-8-13(3)19/h5-7,10,12-13,19H,8-9,11H2,1-4H3,(H,17,20). The van der Waals surface area contributed by atoms with Gasteiger partial charge in [-0.15, -0.1) is 0 Å². The van der Waals surface area contributed by atoms with Gasteiger partial charge < -0.3 is 20.1 Å². The molecule has 0 bridgehead atoms. The predicted molar refractivity (Wildman–Crippen MR) is 84.3 cm³/mol. The number of hydrogen-bond donors (Lipinski definition) is 2. The number of nitrogens with zero attached hydrogens (tertiary/aromatic N) is 1. The molecule has 1 atom stereocenters. The summed E-state index contributed by atoms with van der Waals surface area (Å²) in [5.74, 6) is 0. The molecule has 1 aromatic carbocycles. The molecule has 0 aromatic heterocycles. The summed E-state index contributed by atoms with van der Waals surface area (Å²) in [7, 11) is 1.71. The quantitative estimate of drug-likeness (QED) is 0.813. The second-order valence-corrected chi connectivity index (χ2v) is 5.55. The molecular formula is C16H26N2O3. The van der Waals surface area contributed by atoms with Gasteiger partial charge in [-0.1, -0.05) is 12.1 Å². The lowest BCUT2D eigenvalue weighted by Crippen LogP contribution is -2.33. The van der Waals surface area contributed by atoms with Gasteiger partial charge in [0.1, 0.15) is 0 Å². The Morgan fingerprint density at radius 3 is 2.71 bits per heavy atom. The lowest BCUT2D eigenvalue weighted by atomic mass is 10.2. The van der Waals surface area contributed by atoms with Crippen LogP contribution in [0.4, 0.5) is 10.5 Å². The molecular weight excluding hydrogens is 268 g/mol. The molecule has 2 amide bonds. The summed E-state index contributed by atoms with van der Waals surface area (Å²) in [5, 5.41) is 12.1. The summed E-state index contributed by atoms with van der Waals surface area (Å²) in [6.07, 6.45) is 0.332. The van der Waals surface area contributed by atoms with Crippen molar-refractivity contribution in [2.45, 2.75) is 46.0 Å². The van der Waals surface area contributed by atoms with Crippen molar-refractivity contribution in [3.05, 3.63) is 29.8 Å². The molecule has 0 fully saturated rings. The number of ether oxygens (including phenoxy) is 1. The van der Waals surface area contributed by atoms with Gasteiger partial charge in [-0.3, -0.25) is 0 Å². The van der Waals surface area contributed by atoms with E-state index in [1.54, 1.807) is 18.9 Å². The summed E-state index contributed by atoms with van der Waals surface area (Å²) in [5.41, 5.74) is 1.77. The van der Waals surface area contributed by atoms with Gasteiger partial charge in [0.25, 0.3) is 0 Å². The van der Waals surface area contributed by atoms with Gasteiger partial charge in [0.05, 0.1) is 18.8 Å². The molecule has 21 heavy (non-hydrogen) atoms. The number of urea groups is 1. The molecule has 5 heteroatoms. The molecule has 0 heterocycles. The fourth-order valence-electron chi connectivity index (χ4n) is 1.70. The van der Waals surface area contributed by atoms with Crippen LogP contribution in [0.5, 0.6) is 0 Å². The second-order valence-electron chi connectivity index (χ2n) is 5.55. The molecule has 0 radical (unpaired) electrons. The summed E-state index contributed by atoms with van der Waals surface area (Å²) in [4.78, 5) is 13.6. The van der Waals surface area contributed by atoms with Crippen LogP contribution in [0.15, 0.2) is 24.3 Å². The Morgan fingerprint density at radius 1 is 1.38 bits per heavy atom. The average Bonchev–Trinajstić information content (AvgIpc) is 2.42. The molecule has 5 nitrogen and oxygen atoms in total. The highest BCUT2D eigenvalue weighted by molar-refractivity contribution is 5.89. The first-order valence-corrected chi connectivity index (χ1v) is 7.29. The fraction of sp³-hybridized carbons (Fsp3) is 0.562. The number of amides is 2. The predicted octanol–water partition coefficient (Wildman–Crippen LogP) is 2.85. The first-order chi connectivity index (χ1) is 9.88. The van der Waals surface area contributed by atoms with E-state index < -0.39 is 6.10 Å². The Morgan fingerprint density at radius 2 is 2.10 bits per heavy atom. The van der Waals surface area contributed by atoms with Gasteiger partial charge in [0.2, 0.25) is 0 Å². The van der Waals surface area contributed by atoms with Crippen molar-refractivity contribution in [3.63, 3.8) is 0 Å². The van der Waals surface area contributed by atoms with E-state index in [9.17, 15) is 9.90 Å². The zero-order chi connectivity index (χ0) is 15.8. The van der Waals surface area contributed by atoms with Crippen molar-refractivity contribution in [2.75, 3.05) is 18.9 Å². The number of carbonyl (C=O) groups excluding carboxylic acids is 1. The van der Waals surface area contributed by atoms with Crippen LogP contribution in [-0.2, 0) is 11.3 Å². The zero-order valence-electron chi connectivity index (χ0n) is 13.3. The fourth-order valence-corrected chi connectivity index (χ4v) is 1.70. The maximum Gasteiger partial charge on any atom is 0.321 e. The third-order valence-electron chi connectivity index (χ3n) is 2.99. The van der Waals surface area contributed by atoms with E-state index in [-0.39, 0.29) is 12.1 Å². The minimum absolute atomic E-state index is 0.176. The number of benzene rings is 1. The second kappa shape index (κ2) is 8.64. The monoisotopic (exact) mass is 294 g/mol.